The zero-order valence-corrected chi connectivity index (χ0v) is 11.2. The van der Waals surface area contributed by atoms with Crippen molar-refractivity contribution in [2.24, 2.45) is 0 Å². The van der Waals surface area contributed by atoms with Gasteiger partial charge in [0.25, 0.3) is 5.91 Å². The lowest BCUT2D eigenvalue weighted by Crippen LogP contribution is -2.27. The van der Waals surface area contributed by atoms with E-state index in [0.29, 0.717) is 5.69 Å². The molecule has 1 amide bonds. The summed E-state index contributed by atoms with van der Waals surface area (Å²) in [6.07, 6.45) is 1.01. The van der Waals surface area contributed by atoms with Crippen molar-refractivity contribution in [2.45, 2.75) is 26.8 Å². The van der Waals surface area contributed by atoms with Gasteiger partial charge >= 0.3 is 0 Å². The lowest BCUT2D eigenvalue weighted by molar-refractivity contribution is 0.0943. The number of carbonyl (C=O) groups excluding carboxylic acids is 1. The molecule has 84 valence electrons. The van der Waals surface area contributed by atoms with Gasteiger partial charge in [-0.05, 0) is 26.3 Å². The minimum absolute atomic E-state index is 0.0256. The Morgan fingerprint density at radius 2 is 2.40 bits per heavy atom. The van der Waals surface area contributed by atoms with Gasteiger partial charge in [0.15, 0.2) is 0 Å². The Morgan fingerprint density at radius 3 is 3.00 bits per heavy atom. The molecule has 0 radical (unpaired) electrons. The molecule has 1 rings (SSSR count). The summed E-state index contributed by atoms with van der Waals surface area (Å²) in [5.41, 5.74) is 1.54. The number of halogens is 1. The summed E-state index contributed by atoms with van der Waals surface area (Å²) in [5, 5.41) is 7.12. The van der Waals surface area contributed by atoms with Gasteiger partial charge in [0.05, 0.1) is 5.69 Å². The second-order valence-corrected chi connectivity index (χ2v) is 4.36. The van der Waals surface area contributed by atoms with Crippen LogP contribution in [0.4, 0.5) is 0 Å². The van der Waals surface area contributed by atoms with E-state index in [1.54, 1.807) is 4.68 Å². The molecule has 0 aromatic carbocycles. The van der Waals surface area contributed by atoms with Crippen LogP contribution >= 0.6 is 22.6 Å². The van der Waals surface area contributed by atoms with Crippen LogP contribution in [0.25, 0.3) is 0 Å². The van der Waals surface area contributed by atoms with E-state index >= 15 is 0 Å². The van der Waals surface area contributed by atoms with Gasteiger partial charge in [-0.25, -0.2) is 0 Å². The molecule has 0 saturated carbocycles. The summed E-state index contributed by atoms with van der Waals surface area (Å²) < 4.78 is 2.79. The first-order valence-corrected chi connectivity index (χ1v) is 6.60. The van der Waals surface area contributed by atoms with Crippen molar-refractivity contribution >= 4 is 28.5 Å². The predicted octanol–water partition coefficient (Wildman–Crippen LogP) is 1.77. The first kappa shape index (κ1) is 12.5. The Bertz CT molecular complexity index is 335. The van der Waals surface area contributed by atoms with E-state index in [2.05, 4.69) is 33.0 Å². The third-order valence-electron chi connectivity index (χ3n) is 2.03. The molecule has 0 atom stereocenters. The van der Waals surface area contributed by atoms with Crippen LogP contribution in [0.1, 0.15) is 29.5 Å². The van der Waals surface area contributed by atoms with E-state index in [1.165, 1.54) is 0 Å². The number of nitrogens with zero attached hydrogens (tertiary/aromatic N) is 2. The number of hydrogen-bond acceptors (Lipinski definition) is 2. The number of alkyl halides is 1. The number of carbonyl (C=O) groups is 1. The number of rotatable bonds is 5. The van der Waals surface area contributed by atoms with Crippen LogP contribution in [0, 0.1) is 6.92 Å². The molecule has 4 nitrogen and oxygen atoms in total. The van der Waals surface area contributed by atoms with E-state index in [0.717, 1.165) is 29.6 Å². The molecule has 0 unspecified atom stereocenters. The highest BCUT2D eigenvalue weighted by Gasteiger charge is 2.11. The second-order valence-electron chi connectivity index (χ2n) is 3.29. The highest BCUT2D eigenvalue weighted by atomic mass is 127. The van der Waals surface area contributed by atoms with Crippen molar-refractivity contribution in [2.75, 3.05) is 11.0 Å². The summed E-state index contributed by atoms with van der Waals surface area (Å²) in [4.78, 5) is 11.7. The zero-order chi connectivity index (χ0) is 11.3. The molecule has 0 fully saturated rings. The van der Waals surface area contributed by atoms with Crippen LogP contribution in [0.3, 0.4) is 0 Å². The topological polar surface area (TPSA) is 46.9 Å². The van der Waals surface area contributed by atoms with Crippen LogP contribution in [0.2, 0.25) is 0 Å². The molecule has 5 heteroatoms. The van der Waals surface area contributed by atoms with Crippen LogP contribution in [0.5, 0.6) is 0 Å². The van der Waals surface area contributed by atoms with E-state index in [-0.39, 0.29) is 5.91 Å². The highest BCUT2D eigenvalue weighted by molar-refractivity contribution is 14.1. The standard InChI is InChI=1S/C10H16IN3O/c1-3-14-9(7-8(2)13-14)10(15)12-6-4-5-11/h7H,3-6H2,1-2H3,(H,12,15). The monoisotopic (exact) mass is 321 g/mol. The fourth-order valence-electron chi connectivity index (χ4n) is 1.33. The quantitative estimate of drug-likeness (QED) is 0.510. The van der Waals surface area contributed by atoms with Crippen molar-refractivity contribution < 1.29 is 4.79 Å². The molecular formula is C10H16IN3O. The summed E-state index contributed by atoms with van der Waals surface area (Å²) in [7, 11) is 0. The Morgan fingerprint density at radius 1 is 1.67 bits per heavy atom. The Hall–Kier alpha value is -0.590. The van der Waals surface area contributed by atoms with Crippen molar-refractivity contribution in [3.63, 3.8) is 0 Å². The normalized spacial score (nSPS) is 10.3. The maximum atomic E-state index is 11.7. The minimum Gasteiger partial charge on any atom is -0.351 e. The van der Waals surface area contributed by atoms with Crippen LogP contribution in [-0.2, 0) is 6.54 Å². The third kappa shape index (κ3) is 3.48. The molecule has 0 bridgehead atoms. The molecule has 0 spiro atoms. The van der Waals surface area contributed by atoms with Gasteiger partial charge in [-0.3, -0.25) is 9.48 Å². The van der Waals surface area contributed by atoms with Crippen LogP contribution in [-0.4, -0.2) is 26.7 Å². The van der Waals surface area contributed by atoms with Gasteiger partial charge in [0.1, 0.15) is 5.69 Å². The first-order valence-electron chi connectivity index (χ1n) is 5.07. The van der Waals surface area contributed by atoms with Crippen molar-refractivity contribution in [1.29, 1.82) is 0 Å². The van der Waals surface area contributed by atoms with Gasteiger partial charge in [-0.1, -0.05) is 22.6 Å². The fourth-order valence-corrected chi connectivity index (χ4v) is 1.71. The van der Waals surface area contributed by atoms with Crippen LogP contribution in [0.15, 0.2) is 6.07 Å². The summed E-state index contributed by atoms with van der Waals surface area (Å²) in [5.74, 6) is -0.0256. The summed E-state index contributed by atoms with van der Waals surface area (Å²) >= 11 is 2.30. The Labute approximate surface area is 104 Å². The maximum Gasteiger partial charge on any atom is 0.269 e. The molecule has 1 aromatic rings. The SMILES string of the molecule is CCn1nc(C)cc1C(=O)NCCCI. The molecular weight excluding hydrogens is 305 g/mol. The minimum atomic E-state index is -0.0256. The van der Waals surface area contributed by atoms with E-state index in [1.807, 2.05) is 19.9 Å². The van der Waals surface area contributed by atoms with E-state index < -0.39 is 0 Å². The van der Waals surface area contributed by atoms with Crippen molar-refractivity contribution in [3.05, 3.63) is 17.5 Å². The number of aromatic nitrogens is 2. The molecule has 1 heterocycles. The number of hydrogen-bond donors (Lipinski definition) is 1. The van der Waals surface area contributed by atoms with Gasteiger partial charge in [-0.2, -0.15) is 5.10 Å². The fraction of sp³-hybridized carbons (Fsp3) is 0.600. The van der Waals surface area contributed by atoms with E-state index in [9.17, 15) is 4.79 Å². The van der Waals surface area contributed by atoms with Crippen molar-refractivity contribution in [3.8, 4) is 0 Å². The summed E-state index contributed by atoms with van der Waals surface area (Å²) in [6.45, 7) is 5.33. The first-order chi connectivity index (χ1) is 7.19. The van der Waals surface area contributed by atoms with Gasteiger partial charge in [0, 0.05) is 17.5 Å². The lowest BCUT2D eigenvalue weighted by atomic mass is 10.3. The smallest absolute Gasteiger partial charge is 0.269 e. The number of nitrogens with one attached hydrogen (secondary N) is 1. The van der Waals surface area contributed by atoms with Gasteiger partial charge < -0.3 is 5.32 Å². The third-order valence-corrected chi connectivity index (χ3v) is 2.79. The second kappa shape index (κ2) is 6.09. The average Bonchev–Trinajstić information content (AvgIpc) is 2.60. The zero-order valence-electron chi connectivity index (χ0n) is 9.09. The molecule has 0 aliphatic rings. The van der Waals surface area contributed by atoms with E-state index in [4.69, 9.17) is 0 Å². The summed E-state index contributed by atoms with van der Waals surface area (Å²) in [6, 6.07) is 1.82. The molecule has 0 saturated heterocycles. The molecule has 1 aromatic heterocycles. The largest absolute Gasteiger partial charge is 0.351 e. The van der Waals surface area contributed by atoms with Crippen LogP contribution < -0.4 is 5.32 Å². The molecule has 0 aliphatic heterocycles. The number of aryl methyl sites for hydroxylation is 2. The highest BCUT2D eigenvalue weighted by Crippen LogP contribution is 2.03. The van der Waals surface area contributed by atoms with Crippen molar-refractivity contribution in [1.82, 2.24) is 15.1 Å². The predicted molar refractivity (Wildman–Crippen MR) is 68.5 cm³/mol. The molecule has 0 aliphatic carbocycles. The lowest BCUT2D eigenvalue weighted by Gasteiger charge is -2.05. The molecule has 15 heavy (non-hydrogen) atoms. The maximum absolute atomic E-state index is 11.7. The Balaban J connectivity index is 2.64. The van der Waals surface area contributed by atoms with Gasteiger partial charge in [-0.15, -0.1) is 0 Å². The number of amides is 1. The average molecular weight is 321 g/mol. The van der Waals surface area contributed by atoms with Gasteiger partial charge in [0.2, 0.25) is 0 Å². The Kier molecular flexibility index (Phi) is 5.07. The molecule has 1 N–H and O–H groups in total.